The fourth-order valence-electron chi connectivity index (χ4n) is 3.37. The van der Waals surface area contributed by atoms with Gasteiger partial charge in [-0.15, -0.1) is 0 Å². The van der Waals surface area contributed by atoms with Gasteiger partial charge in [-0.2, -0.15) is 4.72 Å². The predicted molar refractivity (Wildman–Crippen MR) is 105 cm³/mol. The molecular weight excluding hydrogens is 396 g/mol. The minimum Gasteiger partial charge on any atom is -0.474 e. The highest BCUT2D eigenvalue weighted by molar-refractivity contribution is 7.89. The summed E-state index contributed by atoms with van der Waals surface area (Å²) < 4.78 is 38.3. The van der Waals surface area contributed by atoms with E-state index in [1.165, 1.54) is 20.8 Å². The Labute approximate surface area is 170 Å². The van der Waals surface area contributed by atoms with Crippen molar-refractivity contribution < 1.29 is 22.5 Å². The fraction of sp³-hybridized carbons (Fsp3) is 0.526. The van der Waals surface area contributed by atoms with Gasteiger partial charge in [0.25, 0.3) is 0 Å². The Hall–Kier alpha value is -2.46. The second-order valence-electron chi connectivity index (χ2n) is 7.21. The molecule has 0 aliphatic heterocycles. The number of nitrogens with zero attached hydrogens (tertiary/aromatic N) is 2. The minimum absolute atomic E-state index is 0.0448. The van der Waals surface area contributed by atoms with Gasteiger partial charge < -0.3 is 14.6 Å². The van der Waals surface area contributed by atoms with E-state index >= 15 is 0 Å². The van der Waals surface area contributed by atoms with Crippen LogP contribution in [0.3, 0.4) is 0 Å². The summed E-state index contributed by atoms with van der Waals surface area (Å²) in [5.41, 5.74) is 0.986. The molecule has 0 bridgehead atoms. The maximum absolute atomic E-state index is 12.6. The molecule has 2 aromatic rings. The van der Waals surface area contributed by atoms with E-state index in [1.54, 1.807) is 12.3 Å². The number of aromatic nitrogens is 2. The first kappa shape index (κ1) is 21.3. The third-order valence-corrected chi connectivity index (χ3v) is 6.63. The Kier molecular flexibility index (Phi) is 6.53. The van der Waals surface area contributed by atoms with E-state index in [0.717, 1.165) is 31.2 Å². The maximum Gasteiger partial charge on any atom is 0.246 e. The van der Waals surface area contributed by atoms with Crippen molar-refractivity contribution in [2.45, 2.75) is 70.0 Å². The molecule has 29 heavy (non-hydrogen) atoms. The molecule has 3 rings (SSSR count). The van der Waals surface area contributed by atoms with E-state index in [4.69, 9.17) is 9.26 Å². The summed E-state index contributed by atoms with van der Waals surface area (Å²) in [6.07, 6.45) is 6.10. The molecule has 1 fully saturated rings. The zero-order valence-corrected chi connectivity index (χ0v) is 17.6. The van der Waals surface area contributed by atoms with Gasteiger partial charge in [-0.25, -0.2) is 13.4 Å². The number of ether oxygens (including phenoxy) is 1. The summed E-state index contributed by atoms with van der Waals surface area (Å²) >= 11 is 0. The SMILES string of the molecule is Cc1noc(C)c1S(=O)(=O)N[C@H](C)C(=O)NCc1cccnc1OC1CCCC1. The molecule has 0 radical (unpaired) electrons. The van der Waals surface area contributed by atoms with E-state index in [-0.39, 0.29) is 29.0 Å². The van der Waals surface area contributed by atoms with Gasteiger partial charge in [0.15, 0.2) is 5.76 Å². The normalized spacial score (nSPS) is 16.0. The fourth-order valence-corrected chi connectivity index (χ4v) is 4.90. The Morgan fingerprint density at radius 1 is 1.34 bits per heavy atom. The largest absolute Gasteiger partial charge is 0.474 e. The molecule has 1 aliphatic carbocycles. The van der Waals surface area contributed by atoms with E-state index < -0.39 is 22.0 Å². The predicted octanol–water partition coefficient (Wildman–Crippen LogP) is 1.99. The number of aryl methyl sites for hydroxylation is 2. The van der Waals surface area contributed by atoms with Crippen LogP contribution in [0.25, 0.3) is 0 Å². The quantitative estimate of drug-likeness (QED) is 0.667. The van der Waals surface area contributed by atoms with Crippen LogP contribution >= 0.6 is 0 Å². The summed E-state index contributed by atoms with van der Waals surface area (Å²) in [6.45, 7) is 4.70. The van der Waals surface area contributed by atoms with Gasteiger partial charge in [0, 0.05) is 18.3 Å². The van der Waals surface area contributed by atoms with Gasteiger partial charge in [0.1, 0.15) is 16.7 Å². The average Bonchev–Trinajstić information content (AvgIpc) is 3.30. The smallest absolute Gasteiger partial charge is 0.246 e. The molecule has 1 saturated carbocycles. The second-order valence-corrected chi connectivity index (χ2v) is 8.86. The number of rotatable bonds is 8. The first-order chi connectivity index (χ1) is 13.8. The summed E-state index contributed by atoms with van der Waals surface area (Å²) in [5.74, 6) is 0.214. The van der Waals surface area contributed by atoms with Gasteiger partial charge in [0.2, 0.25) is 21.8 Å². The van der Waals surface area contributed by atoms with Gasteiger partial charge in [-0.1, -0.05) is 11.2 Å². The summed E-state index contributed by atoms with van der Waals surface area (Å²) in [7, 11) is -3.93. The Bertz CT molecular complexity index is 947. The molecule has 2 aromatic heterocycles. The number of sulfonamides is 1. The lowest BCUT2D eigenvalue weighted by atomic mass is 10.2. The molecule has 10 heteroatoms. The lowest BCUT2D eigenvalue weighted by molar-refractivity contribution is -0.122. The molecule has 1 amide bonds. The molecule has 0 unspecified atom stereocenters. The topological polar surface area (TPSA) is 123 Å². The van der Waals surface area contributed by atoms with Crippen molar-refractivity contribution in [3.63, 3.8) is 0 Å². The van der Waals surface area contributed by atoms with Gasteiger partial charge in [-0.05, 0) is 52.5 Å². The Morgan fingerprint density at radius 2 is 2.07 bits per heavy atom. The van der Waals surface area contributed by atoms with E-state index in [2.05, 4.69) is 20.2 Å². The van der Waals surface area contributed by atoms with E-state index in [0.29, 0.717) is 5.88 Å². The Morgan fingerprint density at radius 3 is 2.72 bits per heavy atom. The zero-order chi connectivity index (χ0) is 21.0. The van der Waals surface area contributed by atoms with Crippen molar-refractivity contribution in [2.24, 2.45) is 0 Å². The van der Waals surface area contributed by atoms with Crippen LogP contribution in [0.5, 0.6) is 5.88 Å². The lowest BCUT2D eigenvalue weighted by Gasteiger charge is -2.17. The summed E-state index contributed by atoms with van der Waals surface area (Å²) in [6, 6.07) is 2.62. The van der Waals surface area contributed by atoms with Gasteiger partial charge in [-0.3, -0.25) is 4.79 Å². The summed E-state index contributed by atoms with van der Waals surface area (Å²) in [5, 5.41) is 6.38. The van der Waals surface area contributed by atoms with Crippen LogP contribution < -0.4 is 14.8 Å². The molecule has 2 N–H and O–H groups in total. The maximum atomic E-state index is 12.6. The van der Waals surface area contributed by atoms with Crippen LogP contribution in [0.1, 0.15) is 49.6 Å². The molecule has 0 aromatic carbocycles. The number of pyridine rings is 1. The number of hydrogen-bond donors (Lipinski definition) is 2. The average molecular weight is 423 g/mol. The standard InChI is InChI=1S/C19H26N4O5S/c1-12-17(14(3)28-22-12)29(25,26)23-13(2)18(24)21-11-15-7-6-10-20-19(15)27-16-8-4-5-9-16/h6-7,10,13,16,23H,4-5,8-9,11H2,1-3H3,(H,21,24)/t13-/m1/s1. The van der Waals surface area contributed by atoms with Crippen molar-refractivity contribution in [3.05, 3.63) is 35.3 Å². The van der Waals surface area contributed by atoms with Crippen molar-refractivity contribution in [1.29, 1.82) is 0 Å². The number of hydrogen-bond acceptors (Lipinski definition) is 7. The van der Waals surface area contributed by atoms with Crippen LogP contribution in [-0.4, -0.2) is 36.6 Å². The van der Waals surface area contributed by atoms with Gasteiger partial charge >= 0.3 is 0 Å². The first-order valence-electron chi connectivity index (χ1n) is 9.61. The van der Waals surface area contributed by atoms with E-state index in [9.17, 15) is 13.2 Å². The van der Waals surface area contributed by atoms with Crippen molar-refractivity contribution >= 4 is 15.9 Å². The van der Waals surface area contributed by atoms with Crippen LogP contribution in [0.2, 0.25) is 0 Å². The number of nitrogens with one attached hydrogen (secondary N) is 2. The number of carbonyl (C=O) groups excluding carboxylic acids is 1. The monoisotopic (exact) mass is 422 g/mol. The number of amides is 1. The van der Waals surface area contributed by atoms with Crippen LogP contribution in [-0.2, 0) is 21.4 Å². The molecule has 1 atom stereocenters. The third kappa shape index (κ3) is 5.13. The molecule has 9 nitrogen and oxygen atoms in total. The van der Waals surface area contributed by atoms with E-state index in [1.807, 2.05) is 6.07 Å². The second kappa shape index (κ2) is 8.91. The molecule has 0 saturated heterocycles. The first-order valence-corrected chi connectivity index (χ1v) is 11.1. The third-order valence-electron chi connectivity index (χ3n) is 4.85. The van der Waals surface area contributed by atoms with Crippen molar-refractivity contribution in [1.82, 2.24) is 20.2 Å². The van der Waals surface area contributed by atoms with Crippen molar-refractivity contribution in [3.8, 4) is 5.88 Å². The zero-order valence-electron chi connectivity index (χ0n) is 16.8. The Balaban J connectivity index is 1.61. The van der Waals surface area contributed by atoms with Crippen molar-refractivity contribution in [2.75, 3.05) is 0 Å². The molecular formula is C19H26N4O5S. The molecule has 1 aliphatic rings. The highest BCUT2D eigenvalue weighted by Crippen LogP contribution is 2.25. The minimum atomic E-state index is -3.93. The van der Waals surface area contributed by atoms with Crippen LogP contribution in [0, 0.1) is 13.8 Å². The highest BCUT2D eigenvalue weighted by Gasteiger charge is 2.28. The van der Waals surface area contributed by atoms with Crippen LogP contribution in [0.4, 0.5) is 0 Å². The molecule has 2 heterocycles. The molecule has 0 spiro atoms. The summed E-state index contributed by atoms with van der Waals surface area (Å²) in [4.78, 5) is 16.7. The molecule has 158 valence electrons. The number of carbonyl (C=O) groups is 1. The van der Waals surface area contributed by atoms with Gasteiger partial charge in [0.05, 0.1) is 6.04 Å². The van der Waals surface area contributed by atoms with Crippen LogP contribution in [0.15, 0.2) is 27.7 Å². The lowest BCUT2D eigenvalue weighted by Crippen LogP contribution is -2.44. The highest BCUT2D eigenvalue weighted by atomic mass is 32.2.